The maximum absolute atomic E-state index is 11.8. The lowest BCUT2D eigenvalue weighted by Gasteiger charge is -2.04. The smallest absolute Gasteiger partial charge is 0.335 e. The number of thiophene rings is 1. The highest BCUT2D eigenvalue weighted by Crippen LogP contribution is 2.22. The zero-order chi connectivity index (χ0) is 13.8. The molecule has 0 aliphatic carbocycles. The summed E-state index contributed by atoms with van der Waals surface area (Å²) in [6, 6.07) is 4.64. The van der Waals surface area contributed by atoms with Crippen molar-refractivity contribution in [3.05, 3.63) is 50.4 Å². The number of carbonyl (C=O) groups is 2. The molecule has 7 heteroatoms. The fourth-order valence-corrected chi connectivity index (χ4v) is 2.88. The number of halogens is 1. The Labute approximate surface area is 121 Å². The molecule has 0 bridgehead atoms. The van der Waals surface area contributed by atoms with E-state index in [1.165, 1.54) is 29.7 Å². The van der Waals surface area contributed by atoms with Gasteiger partial charge in [0.2, 0.25) is 0 Å². The van der Waals surface area contributed by atoms with Crippen molar-refractivity contribution in [2.24, 2.45) is 0 Å². The van der Waals surface area contributed by atoms with Crippen LogP contribution in [0.5, 0.6) is 0 Å². The van der Waals surface area contributed by atoms with Gasteiger partial charge in [0.1, 0.15) is 4.88 Å². The van der Waals surface area contributed by atoms with Crippen molar-refractivity contribution in [3.63, 3.8) is 0 Å². The van der Waals surface area contributed by atoms with Gasteiger partial charge in [-0.3, -0.25) is 9.78 Å². The normalized spacial score (nSPS) is 10.2. The molecule has 2 N–H and O–H groups in total. The van der Waals surface area contributed by atoms with Gasteiger partial charge in [0, 0.05) is 10.7 Å². The third-order valence-electron chi connectivity index (χ3n) is 2.32. The highest BCUT2D eigenvalue weighted by Gasteiger charge is 2.11. The quantitative estimate of drug-likeness (QED) is 0.896. The summed E-state index contributed by atoms with van der Waals surface area (Å²) in [4.78, 5) is 27.2. The van der Waals surface area contributed by atoms with Crippen LogP contribution in [0.2, 0.25) is 0 Å². The van der Waals surface area contributed by atoms with Gasteiger partial charge in [0.05, 0.1) is 17.8 Å². The number of carbonyl (C=O) groups excluding carboxylic acids is 1. The van der Waals surface area contributed by atoms with Crippen LogP contribution in [0.15, 0.2) is 34.2 Å². The van der Waals surface area contributed by atoms with Gasteiger partial charge in [0.25, 0.3) is 5.91 Å². The average Bonchev–Trinajstić information content (AvgIpc) is 2.82. The Hall–Kier alpha value is -1.73. The second-order valence-corrected chi connectivity index (χ2v) is 5.39. The van der Waals surface area contributed by atoms with Crippen LogP contribution in [0.1, 0.15) is 25.7 Å². The Bertz CT molecular complexity index is 627. The maximum atomic E-state index is 11.8. The number of hydrogen-bond acceptors (Lipinski definition) is 4. The molecule has 2 aromatic heterocycles. The Morgan fingerprint density at radius 2 is 2.21 bits per heavy atom. The monoisotopic (exact) mass is 340 g/mol. The summed E-state index contributed by atoms with van der Waals surface area (Å²) < 4.78 is 0.738. The second-order valence-electron chi connectivity index (χ2n) is 3.62. The van der Waals surface area contributed by atoms with E-state index < -0.39 is 5.97 Å². The molecule has 0 saturated heterocycles. The molecule has 0 unspecified atom stereocenters. The molecule has 5 nitrogen and oxygen atoms in total. The van der Waals surface area contributed by atoms with Crippen LogP contribution in [-0.2, 0) is 6.54 Å². The van der Waals surface area contributed by atoms with E-state index in [1.807, 2.05) is 5.38 Å². The summed E-state index contributed by atoms with van der Waals surface area (Å²) in [5.41, 5.74) is 0.650. The minimum absolute atomic E-state index is 0.150. The molecule has 0 radical (unpaired) electrons. The van der Waals surface area contributed by atoms with Crippen LogP contribution in [0.3, 0.4) is 0 Å². The van der Waals surface area contributed by atoms with Crippen LogP contribution >= 0.6 is 27.3 Å². The first-order valence-corrected chi connectivity index (χ1v) is 6.94. The summed E-state index contributed by atoms with van der Waals surface area (Å²) >= 11 is 4.61. The minimum Gasteiger partial charge on any atom is -0.478 e. The van der Waals surface area contributed by atoms with E-state index in [1.54, 1.807) is 6.07 Å². The van der Waals surface area contributed by atoms with E-state index in [2.05, 4.69) is 26.2 Å². The standard InChI is InChI=1S/C12H9BrN2O3S/c13-9-2-4-19-10(9)11(16)15-6-8-5-7(12(17)18)1-3-14-8/h1-5H,6H2,(H,15,16)(H,17,18). The van der Waals surface area contributed by atoms with Gasteiger partial charge >= 0.3 is 5.97 Å². The predicted molar refractivity (Wildman–Crippen MR) is 74.4 cm³/mol. The number of rotatable bonds is 4. The third-order valence-corrected chi connectivity index (χ3v) is 4.15. The summed E-state index contributed by atoms with van der Waals surface area (Å²) in [6.45, 7) is 0.185. The SMILES string of the molecule is O=C(O)c1ccnc(CNC(=O)c2sccc2Br)c1. The fourth-order valence-electron chi connectivity index (χ4n) is 1.41. The molecule has 2 heterocycles. The number of pyridine rings is 1. The van der Waals surface area contributed by atoms with Crippen LogP contribution in [0.4, 0.5) is 0 Å². The zero-order valence-corrected chi connectivity index (χ0v) is 12.0. The molecule has 0 aliphatic heterocycles. The van der Waals surface area contributed by atoms with Crippen molar-refractivity contribution in [1.82, 2.24) is 10.3 Å². The molecule has 2 rings (SSSR count). The maximum Gasteiger partial charge on any atom is 0.335 e. The summed E-state index contributed by atoms with van der Waals surface area (Å²) in [5.74, 6) is -1.24. The van der Waals surface area contributed by atoms with Gasteiger partial charge in [-0.15, -0.1) is 11.3 Å². The Kier molecular flexibility index (Phi) is 4.28. The van der Waals surface area contributed by atoms with Crippen LogP contribution in [-0.4, -0.2) is 22.0 Å². The fraction of sp³-hybridized carbons (Fsp3) is 0.0833. The molecular formula is C12H9BrN2O3S. The number of nitrogens with zero attached hydrogens (tertiary/aromatic N) is 1. The van der Waals surface area contributed by atoms with Crippen molar-refractivity contribution < 1.29 is 14.7 Å². The first kappa shape index (κ1) is 13.7. The van der Waals surface area contributed by atoms with Crippen molar-refractivity contribution in [2.45, 2.75) is 6.54 Å². The molecule has 2 aromatic rings. The lowest BCUT2D eigenvalue weighted by molar-refractivity contribution is 0.0696. The predicted octanol–water partition coefficient (Wildman–Crippen LogP) is 2.53. The summed E-state index contributed by atoms with van der Waals surface area (Å²) in [6.07, 6.45) is 1.41. The highest BCUT2D eigenvalue weighted by molar-refractivity contribution is 9.10. The minimum atomic E-state index is -1.02. The van der Waals surface area contributed by atoms with Gasteiger partial charge in [-0.2, -0.15) is 0 Å². The molecule has 0 fully saturated rings. The molecule has 0 aliphatic rings. The Morgan fingerprint density at radius 1 is 1.42 bits per heavy atom. The van der Waals surface area contributed by atoms with Crippen LogP contribution in [0.25, 0.3) is 0 Å². The van der Waals surface area contributed by atoms with Gasteiger partial charge in [-0.05, 0) is 39.5 Å². The van der Waals surface area contributed by atoms with Crippen LogP contribution < -0.4 is 5.32 Å². The molecule has 19 heavy (non-hydrogen) atoms. The van der Waals surface area contributed by atoms with Crippen molar-refractivity contribution in [3.8, 4) is 0 Å². The van der Waals surface area contributed by atoms with E-state index in [-0.39, 0.29) is 18.0 Å². The number of hydrogen-bond donors (Lipinski definition) is 2. The molecular weight excluding hydrogens is 332 g/mol. The van der Waals surface area contributed by atoms with Gasteiger partial charge in [-0.1, -0.05) is 0 Å². The molecule has 0 saturated carbocycles. The zero-order valence-electron chi connectivity index (χ0n) is 9.59. The Morgan fingerprint density at radius 3 is 2.84 bits per heavy atom. The van der Waals surface area contributed by atoms with E-state index >= 15 is 0 Å². The summed E-state index contributed by atoms with van der Waals surface area (Å²) in [7, 11) is 0. The van der Waals surface area contributed by atoms with E-state index in [9.17, 15) is 9.59 Å². The van der Waals surface area contributed by atoms with E-state index in [0.29, 0.717) is 10.6 Å². The lowest BCUT2D eigenvalue weighted by Crippen LogP contribution is -2.22. The molecule has 98 valence electrons. The van der Waals surface area contributed by atoms with E-state index in [0.717, 1.165) is 4.47 Å². The topological polar surface area (TPSA) is 79.3 Å². The number of amides is 1. The van der Waals surface area contributed by atoms with Crippen molar-refractivity contribution in [1.29, 1.82) is 0 Å². The lowest BCUT2D eigenvalue weighted by atomic mass is 10.2. The van der Waals surface area contributed by atoms with Crippen LogP contribution in [0, 0.1) is 0 Å². The largest absolute Gasteiger partial charge is 0.478 e. The van der Waals surface area contributed by atoms with Gasteiger partial charge < -0.3 is 10.4 Å². The number of carboxylic acids is 1. The first-order valence-electron chi connectivity index (χ1n) is 5.27. The summed E-state index contributed by atoms with van der Waals surface area (Å²) in [5, 5.41) is 13.4. The van der Waals surface area contributed by atoms with Crippen molar-refractivity contribution in [2.75, 3.05) is 0 Å². The molecule has 0 spiro atoms. The molecule has 1 amide bonds. The molecule has 0 aromatic carbocycles. The van der Waals surface area contributed by atoms with Gasteiger partial charge in [0.15, 0.2) is 0 Å². The average molecular weight is 341 g/mol. The number of aromatic nitrogens is 1. The number of nitrogens with one attached hydrogen (secondary N) is 1. The first-order chi connectivity index (χ1) is 9.08. The Balaban J connectivity index is 2.03. The van der Waals surface area contributed by atoms with Crippen molar-refractivity contribution >= 4 is 39.1 Å². The number of carboxylic acid groups (broad SMARTS) is 1. The highest BCUT2D eigenvalue weighted by atomic mass is 79.9. The number of aromatic carboxylic acids is 1. The third kappa shape index (κ3) is 3.39. The second kappa shape index (κ2) is 5.94. The molecule has 0 atom stereocenters. The van der Waals surface area contributed by atoms with Gasteiger partial charge in [-0.25, -0.2) is 4.79 Å². The van der Waals surface area contributed by atoms with E-state index in [4.69, 9.17) is 5.11 Å².